The first-order valence-electron chi connectivity index (χ1n) is 6.30. The van der Waals surface area contributed by atoms with Crippen LogP contribution >= 0.6 is 0 Å². The summed E-state index contributed by atoms with van der Waals surface area (Å²) in [6.07, 6.45) is -4.47. The highest BCUT2D eigenvalue weighted by atomic mass is 19.4. The zero-order valence-corrected chi connectivity index (χ0v) is 11.4. The van der Waals surface area contributed by atoms with Gasteiger partial charge in [-0.2, -0.15) is 13.2 Å². The Morgan fingerprint density at radius 3 is 2.10 bits per heavy atom. The molecule has 1 heterocycles. The van der Waals surface area contributed by atoms with Gasteiger partial charge in [0.15, 0.2) is 11.5 Å². The number of hydrogen-bond acceptors (Lipinski definition) is 4. The Hall–Kier alpha value is -2.15. The summed E-state index contributed by atoms with van der Waals surface area (Å²) in [6.45, 7) is 0.991. The topological polar surface area (TPSA) is 55.0 Å². The zero-order chi connectivity index (χ0) is 15.5. The molecule has 2 aromatic rings. The molecule has 0 spiro atoms. The second kappa shape index (κ2) is 6.09. The third-order valence-corrected chi connectivity index (χ3v) is 3.01. The van der Waals surface area contributed by atoms with Crippen LogP contribution in [-0.2, 0) is 19.3 Å². The van der Waals surface area contributed by atoms with E-state index in [0.717, 1.165) is 17.2 Å². The van der Waals surface area contributed by atoms with Crippen molar-refractivity contribution in [2.24, 2.45) is 5.73 Å². The monoisotopic (exact) mass is 296 g/mol. The van der Waals surface area contributed by atoms with E-state index in [1.807, 2.05) is 24.3 Å². The lowest BCUT2D eigenvalue weighted by molar-refractivity contribution is -0.141. The summed E-state index contributed by atoms with van der Waals surface area (Å²) in [6, 6.07) is 9.93. The average Bonchev–Trinajstić information content (AvgIpc) is 2.47. The maximum atomic E-state index is 12.4. The maximum Gasteiger partial charge on any atom is 0.435 e. The lowest BCUT2D eigenvalue weighted by Crippen LogP contribution is -2.19. The zero-order valence-electron chi connectivity index (χ0n) is 11.4. The van der Waals surface area contributed by atoms with Crippen molar-refractivity contribution in [3.8, 4) is 0 Å². The summed E-state index contributed by atoms with van der Waals surface area (Å²) in [4.78, 5) is 1.73. The fraction of sp³-hybridized carbons (Fsp3) is 0.286. The molecule has 0 radical (unpaired) electrons. The first kappa shape index (κ1) is 15.2. The minimum Gasteiger partial charge on any atom is -0.354 e. The summed E-state index contributed by atoms with van der Waals surface area (Å²) in [5.41, 5.74) is 6.56. The Kier molecular flexibility index (Phi) is 4.42. The van der Waals surface area contributed by atoms with Gasteiger partial charge in [0.25, 0.3) is 0 Å². The molecule has 21 heavy (non-hydrogen) atoms. The molecule has 7 heteroatoms. The molecule has 0 aliphatic carbocycles. The fourth-order valence-electron chi connectivity index (χ4n) is 1.82. The Morgan fingerprint density at radius 1 is 1.00 bits per heavy atom. The molecule has 0 atom stereocenters. The molecule has 0 amide bonds. The van der Waals surface area contributed by atoms with Crippen molar-refractivity contribution in [3.05, 3.63) is 53.2 Å². The van der Waals surface area contributed by atoms with Crippen LogP contribution in [0.25, 0.3) is 0 Å². The molecule has 0 unspecified atom stereocenters. The third kappa shape index (κ3) is 3.91. The Bertz CT molecular complexity index is 579. The van der Waals surface area contributed by atoms with Gasteiger partial charge in [-0.1, -0.05) is 24.3 Å². The van der Waals surface area contributed by atoms with Crippen LogP contribution in [0.2, 0.25) is 0 Å². The van der Waals surface area contributed by atoms with E-state index in [1.165, 1.54) is 6.07 Å². The van der Waals surface area contributed by atoms with Crippen molar-refractivity contribution >= 4 is 5.82 Å². The Labute approximate surface area is 120 Å². The van der Waals surface area contributed by atoms with Crippen molar-refractivity contribution in [1.29, 1.82) is 0 Å². The van der Waals surface area contributed by atoms with Crippen molar-refractivity contribution in [3.63, 3.8) is 0 Å². The molecule has 0 aliphatic rings. The highest BCUT2D eigenvalue weighted by Gasteiger charge is 2.32. The van der Waals surface area contributed by atoms with Crippen molar-refractivity contribution < 1.29 is 13.2 Å². The smallest absolute Gasteiger partial charge is 0.354 e. The van der Waals surface area contributed by atoms with Gasteiger partial charge in [-0.3, -0.25) is 0 Å². The molecular weight excluding hydrogens is 281 g/mol. The molecule has 0 bridgehead atoms. The van der Waals surface area contributed by atoms with Gasteiger partial charge in [-0.15, -0.1) is 10.2 Å². The first-order chi connectivity index (χ1) is 9.90. The lowest BCUT2D eigenvalue weighted by atomic mass is 10.1. The molecule has 0 aliphatic heterocycles. The molecule has 0 saturated carbocycles. The van der Waals surface area contributed by atoms with Crippen LogP contribution in [0.4, 0.5) is 19.0 Å². The minimum atomic E-state index is -4.47. The van der Waals surface area contributed by atoms with E-state index in [1.54, 1.807) is 11.9 Å². The van der Waals surface area contributed by atoms with Gasteiger partial charge < -0.3 is 10.6 Å². The molecular formula is C14H15F3N4. The van der Waals surface area contributed by atoms with Gasteiger partial charge in [0.2, 0.25) is 0 Å². The van der Waals surface area contributed by atoms with Crippen LogP contribution in [-0.4, -0.2) is 17.2 Å². The number of rotatable bonds is 4. The largest absolute Gasteiger partial charge is 0.435 e. The molecule has 0 saturated heterocycles. The lowest BCUT2D eigenvalue weighted by Gasteiger charge is -2.18. The summed E-state index contributed by atoms with van der Waals surface area (Å²) < 4.78 is 37.2. The van der Waals surface area contributed by atoms with Gasteiger partial charge in [0, 0.05) is 20.1 Å². The van der Waals surface area contributed by atoms with Gasteiger partial charge in [-0.25, -0.2) is 0 Å². The first-order valence-corrected chi connectivity index (χ1v) is 6.30. The van der Waals surface area contributed by atoms with Crippen molar-refractivity contribution in [2.45, 2.75) is 19.3 Å². The quantitative estimate of drug-likeness (QED) is 0.942. The van der Waals surface area contributed by atoms with E-state index >= 15 is 0 Å². The molecule has 1 aromatic carbocycles. The Balaban J connectivity index is 2.07. The fourth-order valence-corrected chi connectivity index (χ4v) is 1.82. The number of anilines is 1. The van der Waals surface area contributed by atoms with Crippen LogP contribution < -0.4 is 10.6 Å². The van der Waals surface area contributed by atoms with Gasteiger partial charge >= 0.3 is 6.18 Å². The minimum absolute atomic E-state index is 0.380. The summed E-state index contributed by atoms with van der Waals surface area (Å²) >= 11 is 0. The maximum absolute atomic E-state index is 12.4. The van der Waals surface area contributed by atoms with E-state index in [4.69, 9.17) is 5.73 Å². The van der Waals surface area contributed by atoms with E-state index in [9.17, 15) is 13.2 Å². The van der Waals surface area contributed by atoms with Gasteiger partial charge in [0.1, 0.15) is 0 Å². The standard InChI is InChI=1S/C14H15F3N4/c1-21(9-11-4-2-10(8-18)3-5-11)13-7-6-12(19-20-13)14(15,16)17/h2-7H,8-9,18H2,1H3. The van der Waals surface area contributed by atoms with Crippen LogP contribution in [0.1, 0.15) is 16.8 Å². The van der Waals surface area contributed by atoms with Crippen molar-refractivity contribution in [1.82, 2.24) is 10.2 Å². The molecule has 1 aromatic heterocycles. The predicted octanol–water partition coefficient (Wildman–Crippen LogP) is 2.59. The van der Waals surface area contributed by atoms with E-state index in [0.29, 0.717) is 18.9 Å². The van der Waals surface area contributed by atoms with E-state index in [-0.39, 0.29) is 0 Å². The summed E-state index contributed by atoms with van der Waals surface area (Å²) in [5, 5.41) is 6.82. The number of nitrogens with two attached hydrogens (primary N) is 1. The van der Waals surface area contributed by atoms with Crippen LogP contribution in [0.5, 0.6) is 0 Å². The molecule has 0 fully saturated rings. The number of nitrogens with zero attached hydrogens (tertiary/aromatic N) is 3. The second-order valence-electron chi connectivity index (χ2n) is 4.65. The predicted molar refractivity (Wildman–Crippen MR) is 73.5 cm³/mol. The SMILES string of the molecule is CN(Cc1ccc(CN)cc1)c1ccc(C(F)(F)F)nn1. The number of alkyl halides is 3. The Morgan fingerprint density at radius 2 is 1.62 bits per heavy atom. The summed E-state index contributed by atoms with van der Waals surface area (Å²) in [5.74, 6) is 0.380. The normalized spacial score (nSPS) is 11.5. The van der Waals surface area contributed by atoms with Gasteiger partial charge in [-0.05, 0) is 23.3 Å². The third-order valence-electron chi connectivity index (χ3n) is 3.01. The molecule has 112 valence electrons. The number of hydrogen-bond donors (Lipinski definition) is 1. The molecule has 2 N–H and O–H groups in total. The van der Waals surface area contributed by atoms with E-state index in [2.05, 4.69) is 10.2 Å². The van der Waals surface area contributed by atoms with Crippen LogP contribution in [0, 0.1) is 0 Å². The average molecular weight is 296 g/mol. The highest BCUT2D eigenvalue weighted by molar-refractivity contribution is 5.38. The van der Waals surface area contributed by atoms with Crippen molar-refractivity contribution in [2.75, 3.05) is 11.9 Å². The number of halogens is 3. The highest BCUT2D eigenvalue weighted by Crippen LogP contribution is 2.27. The van der Waals surface area contributed by atoms with Gasteiger partial charge in [0.05, 0.1) is 0 Å². The van der Waals surface area contributed by atoms with E-state index < -0.39 is 11.9 Å². The number of benzene rings is 1. The summed E-state index contributed by atoms with van der Waals surface area (Å²) in [7, 11) is 1.74. The number of aromatic nitrogens is 2. The molecule has 4 nitrogen and oxygen atoms in total. The second-order valence-corrected chi connectivity index (χ2v) is 4.65. The van der Waals surface area contributed by atoms with Crippen LogP contribution in [0.3, 0.4) is 0 Å². The van der Waals surface area contributed by atoms with Crippen LogP contribution in [0.15, 0.2) is 36.4 Å². The molecule has 2 rings (SSSR count).